The topological polar surface area (TPSA) is 77.8 Å². The van der Waals surface area contributed by atoms with Crippen LogP contribution in [-0.2, 0) is 4.79 Å². The van der Waals surface area contributed by atoms with Crippen molar-refractivity contribution in [1.82, 2.24) is 0 Å². The van der Waals surface area contributed by atoms with Gasteiger partial charge in [0.2, 0.25) is 0 Å². The van der Waals surface area contributed by atoms with Gasteiger partial charge in [-0.25, -0.2) is 0 Å². The highest BCUT2D eigenvalue weighted by molar-refractivity contribution is 5.95. The Balaban J connectivity index is 1.99. The summed E-state index contributed by atoms with van der Waals surface area (Å²) in [5, 5.41) is 33.2. The van der Waals surface area contributed by atoms with Gasteiger partial charge in [0, 0.05) is 5.92 Å². The molecule has 4 nitrogen and oxygen atoms in total. The first-order valence-electron chi connectivity index (χ1n) is 9.01. The molecule has 4 heteroatoms. The number of Topliss-reactive ketones (excluding diaryl/α,β-unsaturated/α-hetero) is 1. The quantitative estimate of drug-likeness (QED) is 0.592. The molecule has 3 N–H and O–H groups in total. The lowest BCUT2D eigenvalue weighted by Crippen LogP contribution is -2.64. The summed E-state index contributed by atoms with van der Waals surface area (Å²) in [5.74, 6) is 0.240. The first-order chi connectivity index (χ1) is 11.0. The summed E-state index contributed by atoms with van der Waals surface area (Å²) in [6, 6.07) is 0. The summed E-state index contributed by atoms with van der Waals surface area (Å²) in [6.45, 7) is 9.91. The second kappa shape index (κ2) is 4.40. The molecule has 2 bridgehead atoms. The van der Waals surface area contributed by atoms with Crippen molar-refractivity contribution >= 4 is 5.78 Å². The van der Waals surface area contributed by atoms with Crippen LogP contribution < -0.4 is 0 Å². The van der Waals surface area contributed by atoms with Crippen molar-refractivity contribution in [3.63, 3.8) is 0 Å². The Hall–Kier alpha value is -0.970. The fourth-order valence-electron chi connectivity index (χ4n) is 6.41. The maximum Gasteiger partial charge on any atom is 0.153 e. The van der Waals surface area contributed by atoms with Gasteiger partial charge in [0.15, 0.2) is 5.78 Å². The molecular formula is C20H28O4. The molecule has 0 amide bonds. The van der Waals surface area contributed by atoms with Crippen LogP contribution in [0, 0.1) is 34.5 Å². The molecule has 1 spiro atoms. The van der Waals surface area contributed by atoms with Gasteiger partial charge in [-0.05, 0) is 54.6 Å². The van der Waals surface area contributed by atoms with Gasteiger partial charge in [0.1, 0.15) is 17.8 Å². The minimum Gasteiger partial charge on any atom is -0.386 e. The number of hydrogen-bond acceptors (Lipinski definition) is 4. The van der Waals surface area contributed by atoms with Crippen LogP contribution in [0.3, 0.4) is 0 Å². The monoisotopic (exact) mass is 332 g/mol. The molecule has 0 aromatic rings. The van der Waals surface area contributed by atoms with Crippen molar-refractivity contribution in [2.45, 2.75) is 58.8 Å². The molecule has 4 aliphatic carbocycles. The highest BCUT2D eigenvalue weighted by Crippen LogP contribution is 2.71. The van der Waals surface area contributed by atoms with E-state index >= 15 is 0 Å². The zero-order chi connectivity index (χ0) is 17.8. The Kier molecular flexibility index (Phi) is 3.03. The Labute approximate surface area is 143 Å². The average molecular weight is 332 g/mol. The molecule has 5 unspecified atom stereocenters. The minimum absolute atomic E-state index is 0.0256. The van der Waals surface area contributed by atoms with Crippen LogP contribution in [0.4, 0.5) is 0 Å². The average Bonchev–Trinajstić information content (AvgIpc) is 3.01. The number of carbonyl (C=O) groups excluding carboxylic acids is 1. The molecule has 8 atom stereocenters. The normalized spacial score (nSPS) is 54.9. The SMILES string of the molecule is CC1=CC2C(=O)C3(C=C(C)[C@H](O)C3(O)C1O)[C@H](C)C[C@@H]1C2C1(C)C. The van der Waals surface area contributed by atoms with Crippen LogP contribution in [0.1, 0.15) is 41.0 Å². The Morgan fingerprint density at radius 3 is 2.33 bits per heavy atom. The molecular weight excluding hydrogens is 304 g/mol. The van der Waals surface area contributed by atoms with Crippen molar-refractivity contribution < 1.29 is 20.1 Å². The first-order valence-corrected chi connectivity index (χ1v) is 9.01. The molecule has 24 heavy (non-hydrogen) atoms. The molecule has 4 aliphatic rings. The van der Waals surface area contributed by atoms with Crippen LogP contribution >= 0.6 is 0 Å². The lowest BCUT2D eigenvalue weighted by Gasteiger charge is -2.48. The van der Waals surface area contributed by atoms with E-state index in [-0.39, 0.29) is 29.0 Å². The number of ketones is 1. The molecule has 0 radical (unpaired) electrons. The molecule has 0 aromatic heterocycles. The van der Waals surface area contributed by atoms with Crippen molar-refractivity contribution in [3.05, 3.63) is 23.3 Å². The van der Waals surface area contributed by atoms with E-state index < -0.39 is 23.2 Å². The van der Waals surface area contributed by atoms with E-state index in [9.17, 15) is 20.1 Å². The van der Waals surface area contributed by atoms with Gasteiger partial charge < -0.3 is 15.3 Å². The lowest BCUT2D eigenvalue weighted by molar-refractivity contribution is -0.189. The second-order valence-electron chi connectivity index (χ2n) is 9.28. The van der Waals surface area contributed by atoms with Crippen molar-refractivity contribution in [2.75, 3.05) is 0 Å². The van der Waals surface area contributed by atoms with Crippen molar-refractivity contribution in [2.24, 2.45) is 34.5 Å². The van der Waals surface area contributed by atoms with Gasteiger partial charge in [-0.2, -0.15) is 0 Å². The Bertz CT molecular complexity index is 690. The fraction of sp³-hybridized carbons (Fsp3) is 0.750. The number of rotatable bonds is 0. The lowest BCUT2D eigenvalue weighted by atomic mass is 9.59. The highest BCUT2D eigenvalue weighted by Gasteiger charge is 2.75. The van der Waals surface area contributed by atoms with Gasteiger partial charge in [-0.15, -0.1) is 0 Å². The van der Waals surface area contributed by atoms with E-state index in [1.54, 1.807) is 19.9 Å². The van der Waals surface area contributed by atoms with E-state index in [1.807, 2.05) is 13.0 Å². The summed E-state index contributed by atoms with van der Waals surface area (Å²) in [7, 11) is 0. The van der Waals surface area contributed by atoms with Gasteiger partial charge in [-0.3, -0.25) is 4.79 Å². The molecule has 0 heterocycles. The number of fused-ring (bicyclic) bond motifs is 3. The van der Waals surface area contributed by atoms with Gasteiger partial charge in [0.05, 0.1) is 5.41 Å². The second-order valence-corrected chi connectivity index (χ2v) is 9.28. The Morgan fingerprint density at radius 2 is 1.71 bits per heavy atom. The number of carbonyl (C=O) groups is 1. The van der Waals surface area contributed by atoms with Gasteiger partial charge in [0.25, 0.3) is 0 Å². The van der Waals surface area contributed by atoms with Crippen LogP contribution in [0.15, 0.2) is 23.3 Å². The zero-order valence-corrected chi connectivity index (χ0v) is 15.1. The third kappa shape index (κ3) is 1.50. The largest absolute Gasteiger partial charge is 0.386 e. The van der Waals surface area contributed by atoms with E-state index in [2.05, 4.69) is 13.8 Å². The van der Waals surface area contributed by atoms with Crippen LogP contribution in [0.2, 0.25) is 0 Å². The number of hydrogen-bond donors (Lipinski definition) is 3. The van der Waals surface area contributed by atoms with E-state index in [0.29, 0.717) is 17.1 Å². The third-order valence-electron chi connectivity index (χ3n) is 7.88. The van der Waals surface area contributed by atoms with E-state index in [4.69, 9.17) is 0 Å². The standard InChI is InChI=1S/C20H28O4/c1-9-6-12-14-13(18(14,4)5)7-11(3)19(17(12)23)8-10(2)16(22)20(19,24)15(9)21/h6,8,11-16,21-22,24H,7H2,1-5H3/t11-,12?,13-,14?,15?,16+,19?,20?/m1/s1. The molecule has 0 aliphatic heterocycles. The van der Waals surface area contributed by atoms with Gasteiger partial charge in [-0.1, -0.05) is 32.9 Å². The third-order valence-corrected chi connectivity index (χ3v) is 7.88. The summed E-state index contributed by atoms with van der Waals surface area (Å²) < 4.78 is 0. The van der Waals surface area contributed by atoms with Crippen LogP contribution in [-0.4, -0.2) is 38.9 Å². The summed E-state index contributed by atoms with van der Waals surface area (Å²) >= 11 is 0. The van der Waals surface area contributed by atoms with Crippen LogP contribution in [0.25, 0.3) is 0 Å². The van der Waals surface area contributed by atoms with Gasteiger partial charge >= 0.3 is 0 Å². The van der Waals surface area contributed by atoms with Crippen molar-refractivity contribution in [1.29, 1.82) is 0 Å². The molecule has 0 saturated heterocycles. The zero-order valence-electron chi connectivity index (χ0n) is 15.1. The molecule has 4 rings (SSSR count). The highest BCUT2D eigenvalue weighted by atomic mass is 16.4. The Morgan fingerprint density at radius 1 is 1.12 bits per heavy atom. The molecule has 0 aromatic carbocycles. The maximum absolute atomic E-state index is 13.7. The number of aliphatic hydroxyl groups excluding tert-OH is 2. The van der Waals surface area contributed by atoms with E-state index in [0.717, 1.165) is 6.42 Å². The number of allylic oxidation sites excluding steroid dienone is 1. The van der Waals surface area contributed by atoms with Crippen LogP contribution in [0.5, 0.6) is 0 Å². The van der Waals surface area contributed by atoms with E-state index in [1.165, 1.54) is 0 Å². The first kappa shape index (κ1) is 16.5. The molecule has 2 fully saturated rings. The summed E-state index contributed by atoms with van der Waals surface area (Å²) in [4.78, 5) is 13.7. The fourth-order valence-corrected chi connectivity index (χ4v) is 6.41. The summed E-state index contributed by atoms with van der Waals surface area (Å²) in [6.07, 6.45) is 2.01. The predicted molar refractivity (Wildman–Crippen MR) is 89.9 cm³/mol. The predicted octanol–water partition coefficient (Wildman–Crippen LogP) is 1.84. The smallest absolute Gasteiger partial charge is 0.153 e. The molecule has 2 saturated carbocycles. The number of aliphatic hydroxyl groups is 3. The summed E-state index contributed by atoms with van der Waals surface area (Å²) in [5.41, 5.74) is -1.80. The maximum atomic E-state index is 13.7. The molecule has 132 valence electrons. The van der Waals surface area contributed by atoms with Crippen molar-refractivity contribution in [3.8, 4) is 0 Å². The minimum atomic E-state index is -1.87.